The molecule has 1 fully saturated rings. The maximum Gasteiger partial charge on any atom is 0.221 e. The topological polar surface area (TPSA) is 41.6 Å². The molecular weight excluding hydrogens is 348 g/mol. The maximum absolute atomic E-state index is 12.9. The summed E-state index contributed by atoms with van der Waals surface area (Å²) in [6.07, 6.45) is 0.460. The van der Waals surface area contributed by atoms with Crippen LogP contribution in [0.2, 0.25) is 0 Å². The van der Waals surface area contributed by atoms with E-state index in [0.717, 1.165) is 26.3 Å². The van der Waals surface area contributed by atoms with E-state index in [-0.39, 0.29) is 11.8 Å². The van der Waals surface area contributed by atoms with E-state index in [0.29, 0.717) is 24.9 Å². The van der Waals surface area contributed by atoms with Crippen LogP contribution < -0.4 is 5.32 Å². The van der Waals surface area contributed by atoms with Gasteiger partial charge < -0.3 is 10.1 Å². The number of amides is 1. The summed E-state index contributed by atoms with van der Waals surface area (Å²) in [4.78, 5) is 15.3. The van der Waals surface area contributed by atoms with Gasteiger partial charge in [-0.25, -0.2) is 0 Å². The minimum Gasteiger partial charge on any atom is -0.379 e. The Morgan fingerprint density at radius 1 is 0.964 bits per heavy atom. The average molecular weight is 381 g/mol. The van der Waals surface area contributed by atoms with Crippen LogP contribution in [-0.4, -0.2) is 49.7 Å². The van der Waals surface area contributed by atoms with Crippen molar-refractivity contribution in [3.8, 4) is 0 Å². The highest BCUT2D eigenvalue weighted by atomic mass is 16.5. The van der Waals surface area contributed by atoms with E-state index >= 15 is 0 Å². The highest BCUT2D eigenvalue weighted by Gasteiger charge is 2.25. The molecular formula is C24H32N2O2. The SMILES string of the molecule is CC(C)C(CNC(=O)CC(c1ccccc1)c1ccccc1)N1CCOCC1. The molecule has 4 nitrogen and oxygen atoms in total. The van der Waals surface area contributed by atoms with Crippen LogP contribution in [0.3, 0.4) is 0 Å². The number of rotatable bonds is 8. The van der Waals surface area contributed by atoms with Gasteiger partial charge >= 0.3 is 0 Å². The van der Waals surface area contributed by atoms with Gasteiger partial charge in [0.05, 0.1) is 13.2 Å². The number of carbonyl (C=O) groups excluding carboxylic acids is 1. The van der Waals surface area contributed by atoms with Crippen LogP contribution >= 0.6 is 0 Å². The fraction of sp³-hybridized carbons (Fsp3) is 0.458. The second kappa shape index (κ2) is 10.4. The Balaban J connectivity index is 1.65. The highest BCUT2D eigenvalue weighted by molar-refractivity contribution is 5.77. The molecule has 1 heterocycles. The fourth-order valence-electron chi connectivity index (χ4n) is 3.97. The summed E-state index contributed by atoms with van der Waals surface area (Å²) >= 11 is 0. The Kier molecular flexibility index (Phi) is 7.63. The molecule has 1 N–H and O–H groups in total. The smallest absolute Gasteiger partial charge is 0.221 e. The Morgan fingerprint density at radius 2 is 1.50 bits per heavy atom. The van der Waals surface area contributed by atoms with E-state index in [4.69, 9.17) is 4.74 Å². The Labute approximate surface area is 168 Å². The number of hydrogen-bond acceptors (Lipinski definition) is 3. The van der Waals surface area contributed by atoms with Gasteiger partial charge in [-0.3, -0.25) is 9.69 Å². The van der Waals surface area contributed by atoms with E-state index in [2.05, 4.69) is 48.3 Å². The van der Waals surface area contributed by atoms with Gasteiger partial charge in [0.1, 0.15) is 0 Å². The minimum absolute atomic E-state index is 0.0725. The summed E-state index contributed by atoms with van der Waals surface area (Å²) in [5.41, 5.74) is 2.36. The van der Waals surface area contributed by atoms with Crippen molar-refractivity contribution in [2.75, 3.05) is 32.8 Å². The number of morpholine rings is 1. The third-order valence-electron chi connectivity index (χ3n) is 5.59. The van der Waals surface area contributed by atoms with Gasteiger partial charge in [0.25, 0.3) is 0 Å². The lowest BCUT2D eigenvalue weighted by Crippen LogP contribution is -2.51. The maximum atomic E-state index is 12.9. The number of hydrogen-bond donors (Lipinski definition) is 1. The van der Waals surface area contributed by atoms with Crippen molar-refractivity contribution in [1.82, 2.24) is 10.2 Å². The summed E-state index contributed by atoms with van der Waals surface area (Å²) < 4.78 is 5.48. The largest absolute Gasteiger partial charge is 0.379 e. The fourth-order valence-corrected chi connectivity index (χ4v) is 3.97. The van der Waals surface area contributed by atoms with Crippen molar-refractivity contribution < 1.29 is 9.53 Å². The first-order valence-corrected chi connectivity index (χ1v) is 10.3. The molecule has 0 aliphatic carbocycles. The molecule has 4 heteroatoms. The first-order valence-electron chi connectivity index (χ1n) is 10.3. The molecule has 1 atom stereocenters. The van der Waals surface area contributed by atoms with Gasteiger partial charge in [-0.2, -0.15) is 0 Å². The first-order chi connectivity index (χ1) is 13.6. The van der Waals surface area contributed by atoms with Gasteiger partial charge in [-0.05, 0) is 17.0 Å². The molecule has 1 saturated heterocycles. The number of nitrogens with one attached hydrogen (secondary N) is 1. The van der Waals surface area contributed by atoms with E-state index in [9.17, 15) is 4.79 Å². The number of carbonyl (C=O) groups is 1. The molecule has 1 amide bonds. The van der Waals surface area contributed by atoms with E-state index < -0.39 is 0 Å². The molecule has 150 valence electrons. The zero-order valence-corrected chi connectivity index (χ0v) is 17.0. The molecule has 0 bridgehead atoms. The molecule has 0 aromatic heterocycles. The average Bonchev–Trinajstić information content (AvgIpc) is 2.74. The standard InChI is InChI=1S/C24H32N2O2/c1-19(2)23(26-13-15-28-16-14-26)18-25-24(27)17-22(20-9-5-3-6-10-20)21-11-7-4-8-12-21/h3-12,19,22-23H,13-18H2,1-2H3,(H,25,27). The molecule has 0 saturated carbocycles. The van der Waals surface area contributed by atoms with Crippen LogP contribution in [-0.2, 0) is 9.53 Å². The van der Waals surface area contributed by atoms with Gasteiger partial charge in [0.15, 0.2) is 0 Å². The lowest BCUT2D eigenvalue weighted by molar-refractivity contribution is -0.121. The van der Waals surface area contributed by atoms with E-state index in [1.807, 2.05) is 36.4 Å². The Bertz CT molecular complexity index is 672. The van der Waals surface area contributed by atoms with Crippen molar-refractivity contribution in [2.45, 2.75) is 32.2 Å². The van der Waals surface area contributed by atoms with Crippen LogP contribution in [0.15, 0.2) is 60.7 Å². The van der Waals surface area contributed by atoms with Gasteiger partial charge in [-0.1, -0.05) is 74.5 Å². The second-order valence-electron chi connectivity index (χ2n) is 7.84. The summed E-state index contributed by atoms with van der Waals surface area (Å²) in [6, 6.07) is 21.0. The predicted octanol–water partition coefficient (Wildman–Crippen LogP) is 3.68. The predicted molar refractivity (Wildman–Crippen MR) is 113 cm³/mol. The lowest BCUT2D eigenvalue weighted by atomic mass is 9.88. The highest BCUT2D eigenvalue weighted by Crippen LogP contribution is 2.27. The molecule has 2 aromatic rings. The molecule has 0 radical (unpaired) electrons. The zero-order valence-electron chi connectivity index (χ0n) is 17.0. The van der Waals surface area contributed by atoms with Crippen molar-refractivity contribution >= 4 is 5.91 Å². The van der Waals surface area contributed by atoms with Crippen LogP contribution in [0.4, 0.5) is 0 Å². The van der Waals surface area contributed by atoms with Gasteiger partial charge in [-0.15, -0.1) is 0 Å². The molecule has 1 aliphatic rings. The lowest BCUT2D eigenvalue weighted by Gasteiger charge is -2.37. The van der Waals surface area contributed by atoms with Crippen LogP contribution in [0, 0.1) is 5.92 Å². The minimum atomic E-state index is 0.0725. The summed E-state index contributed by atoms with van der Waals surface area (Å²) in [5.74, 6) is 0.664. The van der Waals surface area contributed by atoms with Crippen LogP contribution in [0.5, 0.6) is 0 Å². The number of ether oxygens (including phenoxy) is 1. The van der Waals surface area contributed by atoms with Crippen molar-refractivity contribution in [3.05, 3.63) is 71.8 Å². The van der Waals surface area contributed by atoms with Gasteiger partial charge in [0.2, 0.25) is 5.91 Å². The van der Waals surface area contributed by atoms with Crippen molar-refractivity contribution in [1.29, 1.82) is 0 Å². The monoisotopic (exact) mass is 380 g/mol. The summed E-state index contributed by atoms with van der Waals surface area (Å²) in [7, 11) is 0. The van der Waals surface area contributed by atoms with Gasteiger partial charge in [0, 0.05) is 38.0 Å². The second-order valence-corrected chi connectivity index (χ2v) is 7.84. The summed E-state index contributed by atoms with van der Waals surface area (Å²) in [6.45, 7) is 8.58. The molecule has 1 aliphatic heterocycles. The van der Waals surface area contributed by atoms with E-state index in [1.54, 1.807) is 0 Å². The van der Waals surface area contributed by atoms with Crippen LogP contribution in [0.25, 0.3) is 0 Å². The van der Waals surface area contributed by atoms with E-state index in [1.165, 1.54) is 11.1 Å². The Morgan fingerprint density at radius 3 is 2.00 bits per heavy atom. The molecule has 0 spiro atoms. The molecule has 2 aromatic carbocycles. The molecule has 28 heavy (non-hydrogen) atoms. The quantitative estimate of drug-likeness (QED) is 0.760. The van der Waals surface area contributed by atoms with Crippen LogP contribution in [0.1, 0.15) is 37.3 Å². The first kappa shape index (κ1) is 20.6. The zero-order chi connectivity index (χ0) is 19.8. The normalized spacial score (nSPS) is 16.3. The van der Waals surface area contributed by atoms with Crippen molar-refractivity contribution in [3.63, 3.8) is 0 Å². The third-order valence-corrected chi connectivity index (χ3v) is 5.59. The summed E-state index contributed by atoms with van der Waals surface area (Å²) in [5, 5.41) is 3.21. The third kappa shape index (κ3) is 5.66. The van der Waals surface area contributed by atoms with Crippen molar-refractivity contribution in [2.24, 2.45) is 5.92 Å². The number of nitrogens with zero attached hydrogens (tertiary/aromatic N) is 1. The molecule has 1 unspecified atom stereocenters. The molecule has 3 rings (SSSR count). The Hall–Kier alpha value is -2.17. The number of benzene rings is 2.